The van der Waals surface area contributed by atoms with Crippen molar-refractivity contribution >= 4 is 78.9 Å². The summed E-state index contributed by atoms with van der Waals surface area (Å²) in [4.78, 5) is 12.1. The van der Waals surface area contributed by atoms with Gasteiger partial charge in [-0.2, -0.15) is 0 Å². The van der Waals surface area contributed by atoms with Crippen molar-refractivity contribution in [1.82, 2.24) is 0 Å². The van der Waals surface area contributed by atoms with Crippen molar-refractivity contribution in [3.8, 4) is 0 Å². The number of rotatable bonds is 6. The van der Waals surface area contributed by atoms with Gasteiger partial charge in [0.05, 0.1) is 12.2 Å². The number of halogens is 1. The Balaban J connectivity index is 3.16. The average Bonchev–Trinajstić information content (AvgIpc) is 2.45. The van der Waals surface area contributed by atoms with Gasteiger partial charge in [0.25, 0.3) is 0 Å². The molecular formula is C16H19BrO3S4. The number of thioether (sulfide) groups is 2. The third kappa shape index (κ3) is 7.00. The minimum atomic E-state index is -1.06. The molecule has 0 atom stereocenters. The molecule has 8 heteroatoms. The van der Waals surface area contributed by atoms with Crippen molar-refractivity contribution in [3.05, 3.63) is 34.3 Å². The van der Waals surface area contributed by atoms with E-state index in [9.17, 15) is 4.79 Å². The average molecular weight is 467 g/mol. The first-order chi connectivity index (χ1) is 11.2. The van der Waals surface area contributed by atoms with Gasteiger partial charge in [-0.05, 0) is 93.4 Å². The zero-order valence-electron chi connectivity index (χ0n) is 13.8. The van der Waals surface area contributed by atoms with Gasteiger partial charge in [0.1, 0.15) is 0 Å². The van der Waals surface area contributed by atoms with Gasteiger partial charge in [0, 0.05) is 4.47 Å². The minimum absolute atomic E-state index is 0.0665. The van der Waals surface area contributed by atoms with Crippen LogP contribution in [0.5, 0.6) is 0 Å². The number of carbonyl (C=O) groups excluding carboxylic acids is 1. The summed E-state index contributed by atoms with van der Waals surface area (Å²) in [6.07, 6.45) is 0.698. The molecule has 0 fully saturated rings. The Morgan fingerprint density at radius 2 is 1.46 bits per heavy atom. The molecule has 3 nitrogen and oxygen atoms in total. The van der Waals surface area contributed by atoms with Gasteiger partial charge in [0.15, 0.2) is 10.4 Å². The summed E-state index contributed by atoms with van der Waals surface area (Å²) in [5.74, 6) is 0. The molecule has 0 saturated carbocycles. The highest BCUT2D eigenvalue weighted by Crippen LogP contribution is 2.47. The Hall–Kier alpha value is -0.150. The molecule has 1 aromatic carbocycles. The first-order valence-electron chi connectivity index (χ1n) is 7.20. The second-order valence-corrected chi connectivity index (χ2v) is 10.2. The lowest BCUT2D eigenvalue weighted by atomic mass is 10.1. The molecule has 0 heterocycles. The Bertz CT molecular complexity index is 563. The van der Waals surface area contributed by atoms with Crippen LogP contribution in [0.2, 0.25) is 0 Å². The summed E-state index contributed by atoms with van der Waals surface area (Å²) < 4.78 is 11.5. The molecule has 0 N–H and O–H groups in total. The summed E-state index contributed by atoms with van der Waals surface area (Å²) in [5, 5.41) is 0. The highest BCUT2D eigenvalue weighted by Gasteiger charge is 2.38. The van der Waals surface area contributed by atoms with Crippen LogP contribution in [0.4, 0.5) is 0 Å². The standard InChI is InChI=1S/C16H19BrO3S4/c1-10(2)19-14(21)23-16(9-18,24-15(22)20-11(3)4)12-5-7-13(17)8-6-12/h5-11H,1-4H3. The molecule has 1 rings (SSSR count). The monoisotopic (exact) mass is 466 g/mol. The normalized spacial score (nSPS) is 11.5. The van der Waals surface area contributed by atoms with E-state index in [2.05, 4.69) is 15.9 Å². The van der Waals surface area contributed by atoms with Crippen LogP contribution >= 0.6 is 63.9 Å². The maximum absolute atomic E-state index is 12.1. The summed E-state index contributed by atoms with van der Waals surface area (Å²) in [6.45, 7) is 7.53. The fourth-order valence-electron chi connectivity index (χ4n) is 1.62. The summed E-state index contributed by atoms with van der Waals surface area (Å²) >= 11 is 16.3. The van der Waals surface area contributed by atoms with Crippen LogP contribution in [0.3, 0.4) is 0 Å². The van der Waals surface area contributed by atoms with Crippen LogP contribution in [0.25, 0.3) is 0 Å². The van der Waals surface area contributed by atoms with Gasteiger partial charge >= 0.3 is 0 Å². The molecule has 24 heavy (non-hydrogen) atoms. The van der Waals surface area contributed by atoms with E-state index in [1.165, 1.54) is 0 Å². The van der Waals surface area contributed by atoms with Crippen molar-refractivity contribution in [2.24, 2.45) is 0 Å². The zero-order valence-corrected chi connectivity index (χ0v) is 18.6. The van der Waals surface area contributed by atoms with E-state index in [0.717, 1.165) is 39.8 Å². The number of carbonyl (C=O) groups is 1. The van der Waals surface area contributed by atoms with Crippen LogP contribution in [0.15, 0.2) is 28.7 Å². The maximum Gasteiger partial charge on any atom is 0.222 e. The number of ether oxygens (including phenoxy) is 2. The molecule has 0 aromatic heterocycles. The minimum Gasteiger partial charge on any atom is -0.476 e. The Kier molecular flexibility index (Phi) is 9.22. The highest BCUT2D eigenvalue weighted by molar-refractivity contribution is 9.10. The molecule has 0 bridgehead atoms. The number of benzene rings is 1. The van der Waals surface area contributed by atoms with Gasteiger partial charge in [-0.15, -0.1) is 0 Å². The van der Waals surface area contributed by atoms with E-state index in [0.29, 0.717) is 8.77 Å². The fourth-order valence-corrected chi connectivity index (χ4v) is 5.57. The van der Waals surface area contributed by atoms with Crippen LogP contribution in [0, 0.1) is 0 Å². The van der Waals surface area contributed by atoms with Gasteiger partial charge in [-0.3, -0.25) is 0 Å². The Morgan fingerprint density at radius 3 is 1.79 bits per heavy atom. The van der Waals surface area contributed by atoms with E-state index in [1.807, 2.05) is 52.0 Å². The van der Waals surface area contributed by atoms with Crippen molar-refractivity contribution in [2.75, 3.05) is 0 Å². The van der Waals surface area contributed by atoms with Crippen LogP contribution in [-0.4, -0.2) is 27.3 Å². The van der Waals surface area contributed by atoms with E-state index in [4.69, 9.17) is 33.9 Å². The lowest BCUT2D eigenvalue weighted by Crippen LogP contribution is -2.26. The Morgan fingerprint density at radius 1 is 1.04 bits per heavy atom. The fraction of sp³-hybridized carbons (Fsp3) is 0.438. The van der Waals surface area contributed by atoms with Gasteiger partial charge in [-0.1, -0.05) is 28.1 Å². The van der Waals surface area contributed by atoms with Gasteiger partial charge in [0.2, 0.25) is 8.77 Å². The quantitative estimate of drug-likeness (QED) is 0.302. The number of aldehydes is 1. The van der Waals surface area contributed by atoms with E-state index in [1.54, 1.807) is 0 Å². The largest absolute Gasteiger partial charge is 0.476 e. The number of hydrogen-bond donors (Lipinski definition) is 0. The molecule has 1 aromatic rings. The summed E-state index contributed by atoms with van der Waals surface area (Å²) in [6, 6.07) is 7.45. The van der Waals surface area contributed by atoms with E-state index >= 15 is 0 Å². The first kappa shape index (κ1) is 21.9. The van der Waals surface area contributed by atoms with Crippen molar-refractivity contribution in [1.29, 1.82) is 0 Å². The van der Waals surface area contributed by atoms with Gasteiger partial charge < -0.3 is 14.3 Å². The highest BCUT2D eigenvalue weighted by atomic mass is 79.9. The second kappa shape index (κ2) is 10.1. The molecule has 0 saturated heterocycles. The predicted octanol–water partition coefficient (Wildman–Crippen LogP) is 5.69. The zero-order chi connectivity index (χ0) is 18.3. The molecular weight excluding hydrogens is 448 g/mol. The third-order valence-electron chi connectivity index (χ3n) is 2.54. The molecule has 0 amide bonds. The number of thiocarbonyl (C=S) groups is 2. The van der Waals surface area contributed by atoms with Crippen LogP contribution in [0.1, 0.15) is 33.3 Å². The smallest absolute Gasteiger partial charge is 0.222 e. The van der Waals surface area contributed by atoms with E-state index < -0.39 is 4.08 Å². The molecule has 0 radical (unpaired) electrons. The predicted molar refractivity (Wildman–Crippen MR) is 115 cm³/mol. The Labute approximate surface area is 170 Å². The summed E-state index contributed by atoms with van der Waals surface area (Å²) in [5.41, 5.74) is 0.764. The number of hydrogen-bond acceptors (Lipinski definition) is 7. The van der Waals surface area contributed by atoms with Crippen LogP contribution < -0.4 is 0 Å². The molecule has 0 aliphatic carbocycles. The van der Waals surface area contributed by atoms with Crippen LogP contribution in [-0.2, 0) is 18.3 Å². The second-order valence-electron chi connectivity index (χ2n) is 5.33. The van der Waals surface area contributed by atoms with Gasteiger partial charge in [-0.25, -0.2) is 0 Å². The topological polar surface area (TPSA) is 35.5 Å². The van der Waals surface area contributed by atoms with E-state index in [-0.39, 0.29) is 12.2 Å². The van der Waals surface area contributed by atoms with Crippen molar-refractivity contribution in [3.63, 3.8) is 0 Å². The maximum atomic E-state index is 12.1. The molecule has 0 spiro atoms. The molecule has 0 aliphatic heterocycles. The van der Waals surface area contributed by atoms with Crippen molar-refractivity contribution < 1.29 is 14.3 Å². The van der Waals surface area contributed by atoms with Crippen molar-refractivity contribution in [2.45, 2.75) is 44.0 Å². The molecule has 0 unspecified atom stereocenters. The SMILES string of the molecule is CC(C)OC(=S)SC(C=O)(SC(=S)OC(C)C)c1ccc(Br)cc1. The molecule has 0 aliphatic rings. The lowest BCUT2D eigenvalue weighted by Gasteiger charge is -2.28. The summed E-state index contributed by atoms with van der Waals surface area (Å²) in [7, 11) is 0. The molecule has 132 valence electrons. The third-order valence-corrected chi connectivity index (χ3v) is 6.05. The first-order valence-corrected chi connectivity index (χ1v) is 10.4. The lowest BCUT2D eigenvalue weighted by molar-refractivity contribution is -0.108.